The quantitative estimate of drug-likeness (QED) is 0.354. The van der Waals surface area contributed by atoms with Crippen LogP contribution >= 0.6 is 0 Å². The number of halogens is 2. The number of hydrogen-bond acceptors (Lipinski definition) is 6. The van der Waals surface area contributed by atoms with Crippen LogP contribution in [0.4, 0.5) is 20.5 Å². The fraction of sp³-hybridized carbons (Fsp3) is 0.423. The van der Waals surface area contributed by atoms with Crippen LogP contribution in [0.3, 0.4) is 0 Å². The number of alkyl halides is 1. The normalized spacial score (nSPS) is 23.2. The van der Waals surface area contributed by atoms with Crippen LogP contribution < -0.4 is 10.6 Å². The number of nitrogens with one attached hydrogen (secondary N) is 3. The zero-order valence-corrected chi connectivity index (χ0v) is 20.4. The number of fused-ring (bicyclic) bond motifs is 1. The molecule has 1 aliphatic carbocycles. The lowest BCUT2D eigenvalue weighted by molar-refractivity contribution is 0.185. The van der Waals surface area contributed by atoms with E-state index >= 15 is 0 Å². The van der Waals surface area contributed by atoms with Gasteiger partial charge in [0.15, 0.2) is 0 Å². The van der Waals surface area contributed by atoms with Crippen LogP contribution in [0, 0.1) is 11.7 Å². The first-order valence-corrected chi connectivity index (χ1v) is 12.4. The first-order valence-electron chi connectivity index (χ1n) is 12.4. The number of pyridine rings is 1. The second-order valence-corrected chi connectivity index (χ2v) is 10.1. The average molecular weight is 493 g/mol. The molecular weight excluding hydrogens is 462 g/mol. The summed E-state index contributed by atoms with van der Waals surface area (Å²) in [6, 6.07) is 7.50. The predicted molar refractivity (Wildman–Crippen MR) is 135 cm³/mol. The van der Waals surface area contributed by atoms with E-state index < -0.39 is 5.67 Å². The Hall–Kier alpha value is -3.37. The third kappa shape index (κ3) is 4.58. The molecule has 4 heterocycles. The molecule has 0 spiro atoms. The molecule has 1 saturated heterocycles. The summed E-state index contributed by atoms with van der Waals surface area (Å²) in [4.78, 5) is 14.6. The molecule has 3 unspecified atom stereocenters. The largest absolute Gasteiger partial charge is 0.324 e. The van der Waals surface area contributed by atoms with Gasteiger partial charge >= 0.3 is 0 Å². The van der Waals surface area contributed by atoms with Crippen molar-refractivity contribution in [3.63, 3.8) is 0 Å². The monoisotopic (exact) mass is 492 g/mol. The number of aromatic amines is 1. The maximum atomic E-state index is 15.0. The number of rotatable bonds is 7. The van der Waals surface area contributed by atoms with Gasteiger partial charge in [-0.1, -0.05) is 0 Å². The highest BCUT2D eigenvalue weighted by molar-refractivity contribution is 5.84. The number of piperazine rings is 1. The second kappa shape index (κ2) is 8.94. The number of imidazole rings is 1. The smallest absolute Gasteiger partial charge is 0.206 e. The molecule has 8 nitrogen and oxygen atoms in total. The summed E-state index contributed by atoms with van der Waals surface area (Å²) >= 11 is 0. The number of hydrogen-bond donors (Lipinski definition) is 3. The molecule has 1 saturated carbocycles. The molecule has 6 rings (SSSR count). The van der Waals surface area contributed by atoms with Crippen LogP contribution in [0.5, 0.6) is 0 Å². The van der Waals surface area contributed by atoms with E-state index in [1.165, 1.54) is 11.6 Å². The van der Waals surface area contributed by atoms with Gasteiger partial charge < -0.3 is 15.6 Å². The van der Waals surface area contributed by atoms with Gasteiger partial charge in [0.25, 0.3) is 0 Å². The highest BCUT2D eigenvalue weighted by Gasteiger charge is 2.51. The van der Waals surface area contributed by atoms with Crippen molar-refractivity contribution in [2.45, 2.75) is 38.5 Å². The first-order chi connectivity index (χ1) is 17.4. The molecule has 36 heavy (non-hydrogen) atoms. The van der Waals surface area contributed by atoms with E-state index in [1.54, 1.807) is 36.3 Å². The number of aromatic nitrogens is 5. The van der Waals surface area contributed by atoms with Crippen LogP contribution in [-0.4, -0.2) is 61.5 Å². The maximum absolute atomic E-state index is 15.0. The number of anilines is 2. The number of benzene rings is 1. The molecule has 2 fully saturated rings. The lowest BCUT2D eigenvalue weighted by Gasteiger charge is -2.33. The summed E-state index contributed by atoms with van der Waals surface area (Å²) in [5, 5.41) is 10.9. The van der Waals surface area contributed by atoms with Crippen LogP contribution in [0.25, 0.3) is 22.2 Å². The highest BCUT2D eigenvalue weighted by atomic mass is 19.1. The molecule has 3 N–H and O–H groups in total. The minimum absolute atomic E-state index is 0.0375. The molecule has 3 atom stereocenters. The van der Waals surface area contributed by atoms with Crippen molar-refractivity contribution in [3.05, 3.63) is 54.2 Å². The fourth-order valence-electron chi connectivity index (χ4n) is 4.99. The Morgan fingerprint density at radius 1 is 1.25 bits per heavy atom. The summed E-state index contributed by atoms with van der Waals surface area (Å²) in [7, 11) is 0. The number of nitrogens with zero attached hydrogens (tertiary/aromatic N) is 5. The van der Waals surface area contributed by atoms with Crippen molar-refractivity contribution >= 4 is 22.8 Å². The van der Waals surface area contributed by atoms with Gasteiger partial charge in [0.1, 0.15) is 17.3 Å². The van der Waals surface area contributed by atoms with E-state index in [0.717, 1.165) is 26.2 Å². The van der Waals surface area contributed by atoms with Crippen molar-refractivity contribution in [3.8, 4) is 11.1 Å². The zero-order valence-electron chi connectivity index (χ0n) is 20.4. The summed E-state index contributed by atoms with van der Waals surface area (Å²) in [6.07, 6.45) is 5.71. The molecule has 0 amide bonds. The van der Waals surface area contributed by atoms with Gasteiger partial charge in [-0.2, -0.15) is 5.10 Å². The molecule has 188 valence electrons. The summed E-state index contributed by atoms with van der Waals surface area (Å²) in [5.74, 6) is 0.761. The Morgan fingerprint density at radius 3 is 2.83 bits per heavy atom. The summed E-state index contributed by atoms with van der Waals surface area (Å²) in [5.41, 5.74) is 2.33. The summed E-state index contributed by atoms with van der Waals surface area (Å²) < 4.78 is 30.6. The molecule has 2 aliphatic rings. The Morgan fingerprint density at radius 2 is 2.06 bits per heavy atom. The first kappa shape index (κ1) is 23.1. The molecule has 10 heteroatoms. The van der Waals surface area contributed by atoms with Gasteiger partial charge in [-0.15, -0.1) is 0 Å². The van der Waals surface area contributed by atoms with Crippen molar-refractivity contribution < 1.29 is 8.78 Å². The molecule has 3 aromatic heterocycles. The fourth-order valence-corrected chi connectivity index (χ4v) is 4.99. The third-order valence-corrected chi connectivity index (χ3v) is 7.47. The minimum atomic E-state index is -1.12. The molecule has 1 aliphatic heterocycles. The summed E-state index contributed by atoms with van der Waals surface area (Å²) in [6.45, 7) is 8.33. The van der Waals surface area contributed by atoms with Gasteiger partial charge in [-0.05, 0) is 44.0 Å². The molecule has 4 aromatic rings. The van der Waals surface area contributed by atoms with Crippen LogP contribution in [-0.2, 0) is 6.54 Å². The van der Waals surface area contributed by atoms with Gasteiger partial charge in [-0.3, -0.25) is 9.58 Å². The Bertz CT molecular complexity index is 1390. The van der Waals surface area contributed by atoms with E-state index in [1.807, 2.05) is 12.1 Å². The van der Waals surface area contributed by atoms with Crippen LogP contribution in [0.15, 0.2) is 42.9 Å². The topological polar surface area (TPSA) is 86.7 Å². The van der Waals surface area contributed by atoms with Crippen molar-refractivity contribution in [1.29, 1.82) is 0 Å². The minimum Gasteiger partial charge on any atom is -0.324 e. The van der Waals surface area contributed by atoms with E-state index in [2.05, 4.69) is 42.5 Å². The predicted octanol–water partition coefficient (Wildman–Crippen LogP) is 4.42. The zero-order chi connectivity index (χ0) is 24.9. The lowest BCUT2D eigenvalue weighted by atomic mass is 10.1. The average Bonchev–Trinajstić information content (AvgIpc) is 3.20. The molecule has 0 bridgehead atoms. The van der Waals surface area contributed by atoms with Gasteiger partial charge in [0.05, 0.1) is 17.2 Å². The maximum Gasteiger partial charge on any atom is 0.206 e. The second-order valence-electron chi connectivity index (χ2n) is 10.1. The standard InChI is InChI=1S/C26H30F2N8/c1-16(35-7-5-29-6-8-35)17-3-4-30-24(9-17)34-25-32-22-10-20(21(27)11-23(22)33-25)18-13-31-36(14-18)15-19-12-26(19,2)28/h3-4,9-11,13-14,16,19,29H,5-8,12,15H2,1-2H3,(H2,30,32,33,34). The molecule has 1 aromatic carbocycles. The van der Waals surface area contributed by atoms with Crippen LogP contribution in [0.2, 0.25) is 0 Å². The highest BCUT2D eigenvalue weighted by Crippen LogP contribution is 2.47. The van der Waals surface area contributed by atoms with Gasteiger partial charge in [0, 0.05) is 74.3 Å². The SMILES string of the molecule is CC(c1ccnc(Nc2nc3cc(-c4cnn(CC5CC5(C)F)c4)c(F)cc3[nH]2)c1)N1CCNCC1. The Balaban J connectivity index is 1.20. The van der Waals surface area contributed by atoms with E-state index in [4.69, 9.17) is 0 Å². The third-order valence-electron chi connectivity index (χ3n) is 7.47. The Kier molecular flexibility index (Phi) is 5.72. The molecule has 0 radical (unpaired) electrons. The van der Waals surface area contributed by atoms with Crippen molar-refractivity contribution in [2.24, 2.45) is 5.92 Å². The molecular formula is C26H30F2N8. The van der Waals surface area contributed by atoms with E-state index in [9.17, 15) is 8.78 Å². The van der Waals surface area contributed by atoms with Crippen molar-refractivity contribution in [2.75, 3.05) is 31.5 Å². The Labute approximate surface area is 208 Å². The van der Waals surface area contributed by atoms with Crippen LogP contribution in [0.1, 0.15) is 31.9 Å². The van der Waals surface area contributed by atoms with E-state index in [0.29, 0.717) is 46.9 Å². The number of H-pyrrole nitrogens is 1. The van der Waals surface area contributed by atoms with Gasteiger partial charge in [0.2, 0.25) is 5.95 Å². The van der Waals surface area contributed by atoms with Gasteiger partial charge in [-0.25, -0.2) is 18.7 Å². The lowest BCUT2D eigenvalue weighted by Crippen LogP contribution is -2.44. The van der Waals surface area contributed by atoms with E-state index in [-0.39, 0.29) is 17.8 Å². The van der Waals surface area contributed by atoms with Crippen molar-refractivity contribution in [1.82, 2.24) is 34.9 Å².